The summed E-state index contributed by atoms with van der Waals surface area (Å²) in [4.78, 5) is 13.2. The minimum atomic E-state index is -0.401. The Labute approximate surface area is 48.9 Å². The van der Waals surface area contributed by atoms with Gasteiger partial charge in [0.25, 0.3) is 0 Å². The van der Waals surface area contributed by atoms with Gasteiger partial charge in [0.05, 0.1) is 0 Å². The number of aliphatic imine (C=N–C) groups is 1. The van der Waals surface area contributed by atoms with Crippen LogP contribution < -0.4 is 5.32 Å². The molecule has 7 heavy (non-hydrogen) atoms. The van der Waals surface area contributed by atoms with Gasteiger partial charge in [0.15, 0.2) is 0 Å². The lowest BCUT2D eigenvalue weighted by molar-refractivity contribution is 0.251. The smallest absolute Gasteiger partial charge is 0.244 e. The van der Waals surface area contributed by atoms with Gasteiger partial charge in [0.2, 0.25) is 0 Å². The molecule has 1 unspecified atom stereocenters. The number of hydrogen-bond acceptors (Lipinski definition) is 1. The van der Waals surface area contributed by atoms with Crippen molar-refractivity contribution in [2.45, 2.75) is 4.95 Å². The predicted octanol–water partition coefficient (Wildman–Crippen LogP) is 0.516. The molecule has 1 heterocycles. The topological polar surface area (TPSA) is 43.5 Å². The van der Waals surface area contributed by atoms with E-state index in [0.717, 1.165) is 0 Å². The minimum absolute atomic E-state index is 0.181. The maximum absolute atomic E-state index is 10.1. The molecule has 0 aromatic heterocycles. The van der Waals surface area contributed by atoms with Crippen molar-refractivity contribution in [2.75, 3.05) is 0 Å². The highest BCUT2D eigenvalue weighted by Crippen LogP contribution is 1.99. The average Bonchev–Trinajstić information content (AvgIpc) is 1.87. The van der Waals surface area contributed by atoms with Crippen LogP contribution in [0.3, 0.4) is 0 Å². The number of rotatable bonds is 0. The SMILES string of the molecule is O=C1[N]C(Br)C=N1. The van der Waals surface area contributed by atoms with Crippen LogP contribution in [0.5, 0.6) is 0 Å². The molecule has 1 atom stereocenters. The molecule has 0 aliphatic carbocycles. The summed E-state index contributed by atoms with van der Waals surface area (Å²) >= 11 is 3.04. The van der Waals surface area contributed by atoms with Crippen LogP contribution in [-0.4, -0.2) is 17.2 Å². The van der Waals surface area contributed by atoms with Crippen LogP contribution in [0, 0.1) is 0 Å². The van der Waals surface area contributed by atoms with Gasteiger partial charge in [-0.05, 0) is 0 Å². The maximum Gasteiger partial charge on any atom is 0.363 e. The number of nitrogens with zero attached hydrogens (tertiary/aromatic N) is 2. The number of carbonyl (C=O) groups excluding carboxylic acids is 1. The van der Waals surface area contributed by atoms with Gasteiger partial charge in [0.1, 0.15) is 4.95 Å². The fraction of sp³-hybridized carbons (Fsp3) is 0.333. The number of urea groups is 1. The van der Waals surface area contributed by atoms with Crippen LogP contribution >= 0.6 is 15.9 Å². The molecule has 1 aliphatic heterocycles. The van der Waals surface area contributed by atoms with Crippen molar-refractivity contribution < 1.29 is 4.79 Å². The Kier molecular flexibility index (Phi) is 1.10. The average molecular weight is 162 g/mol. The molecule has 37 valence electrons. The molecule has 1 radical (unpaired) electrons. The van der Waals surface area contributed by atoms with E-state index < -0.39 is 6.03 Å². The van der Waals surface area contributed by atoms with E-state index >= 15 is 0 Å². The van der Waals surface area contributed by atoms with Crippen molar-refractivity contribution in [2.24, 2.45) is 4.99 Å². The molecule has 0 fully saturated rings. The first-order valence-corrected chi connectivity index (χ1v) is 2.63. The van der Waals surface area contributed by atoms with E-state index in [4.69, 9.17) is 0 Å². The van der Waals surface area contributed by atoms with Crippen LogP contribution in [0.15, 0.2) is 4.99 Å². The summed E-state index contributed by atoms with van der Waals surface area (Å²) in [7, 11) is 0. The van der Waals surface area contributed by atoms with Gasteiger partial charge in [-0.15, -0.1) is 0 Å². The molecule has 0 spiro atoms. The first-order valence-electron chi connectivity index (χ1n) is 1.72. The zero-order valence-electron chi connectivity index (χ0n) is 3.34. The fourth-order valence-corrected chi connectivity index (χ4v) is 0.591. The van der Waals surface area contributed by atoms with Gasteiger partial charge in [-0.2, -0.15) is 0 Å². The van der Waals surface area contributed by atoms with Gasteiger partial charge in [0, 0.05) is 6.21 Å². The molecule has 1 aliphatic rings. The van der Waals surface area contributed by atoms with E-state index in [9.17, 15) is 4.79 Å². The zero-order valence-corrected chi connectivity index (χ0v) is 4.92. The first-order chi connectivity index (χ1) is 3.29. The zero-order chi connectivity index (χ0) is 5.28. The van der Waals surface area contributed by atoms with Gasteiger partial charge in [-0.1, -0.05) is 15.9 Å². The molecule has 3 nitrogen and oxygen atoms in total. The predicted molar refractivity (Wildman–Crippen MR) is 28.7 cm³/mol. The Morgan fingerprint density at radius 1 is 1.86 bits per heavy atom. The third kappa shape index (κ3) is 0.991. The molecule has 0 saturated heterocycles. The number of amides is 2. The normalized spacial score (nSPS) is 28.1. The molecule has 0 aromatic carbocycles. The largest absolute Gasteiger partial charge is 0.363 e. The Bertz CT molecular complexity index is 122. The summed E-state index contributed by atoms with van der Waals surface area (Å²) in [5, 5.41) is 3.44. The van der Waals surface area contributed by atoms with Crippen molar-refractivity contribution in [1.82, 2.24) is 5.32 Å². The molecular weight excluding hydrogens is 160 g/mol. The standard InChI is InChI=1S/C3H2BrN2O/c4-2-1-5-3(7)6-2/h1-2H. The molecule has 4 heteroatoms. The van der Waals surface area contributed by atoms with Gasteiger partial charge in [-0.3, -0.25) is 0 Å². The first kappa shape index (κ1) is 4.77. The van der Waals surface area contributed by atoms with Crippen molar-refractivity contribution >= 4 is 28.2 Å². The highest BCUT2D eigenvalue weighted by atomic mass is 79.9. The highest BCUT2D eigenvalue weighted by Gasteiger charge is 2.12. The fourth-order valence-electron chi connectivity index (χ4n) is 0.297. The van der Waals surface area contributed by atoms with Crippen molar-refractivity contribution in [3.05, 3.63) is 0 Å². The quantitative estimate of drug-likeness (QED) is 0.378. The van der Waals surface area contributed by atoms with Crippen molar-refractivity contribution in [1.29, 1.82) is 0 Å². The second kappa shape index (κ2) is 1.61. The second-order valence-electron chi connectivity index (χ2n) is 1.06. The van der Waals surface area contributed by atoms with E-state index in [1.807, 2.05) is 0 Å². The molecule has 2 amide bonds. The lowest BCUT2D eigenvalue weighted by Crippen LogP contribution is -2.11. The molecule has 0 N–H and O–H groups in total. The van der Waals surface area contributed by atoms with Crippen LogP contribution in [0.4, 0.5) is 4.79 Å². The van der Waals surface area contributed by atoms with Gasteiger partial charge >= 0.3 is 6.03 Å². The molecule has 0 aromatic rings. The van der Waals surface area contributed by atoms with E-state index in [0.29, 0.717) is 0 Å². The Balaban J connectivity index is 2.58. The Hall–Kier alpha value is -0.380. The molecule has 0 saturated carbocycles. The third-order valence-electron chi connectivity index (χ3n) is 0.542. The van der Waals surface area contributed by atoms with Gasteiger partial charge < -0.3 is 0 Å². The Morgan fingerprint density at radius 3 is 2.71 bits per heavy atom. The van der Waals surface area contributed by atoms with Gasteiger partial charge in [-0.25, -0.2) is 15.1 Å². The van der Waals surface area contributed by atoms with Crippen LogP contribution in [0.2, 0.25) is 0 Å². The molecular formula is C3H2BrN2O. The van der Waals surface area contributed by atoms with E-state index in [1.165, 1.54) is 6.21 Å². The summed E-state index contributed by atoms with van der Waals surface area (Å²) in [6.07, 6.45) is 1.45. The Morgan fingerprint density at radius 2 is 2.57 bits per heavy atom. The van der Waals surface area contributed by atoms with Crippen molar-refractivity contribution in [3.8, 4) is 0 Å². The maximum atomic E-state index is 10.1. The summed E-state index contributed by atoms with van der Waals surface area (Å²) in [5.41, 5.74) is 0. The number of alkyl halides is 1. The monoisotopic (exact) mass is 161 g/mol. The lowest BCUT2D eigenvalue weighted by atomic mass is 10.8. The van der Waals surface area contributed by atoms with Crippen molar-refractivity contribution in [3.63, 3.8) is 0 Å². The number of carbonyl (C=O) groups is 1. The third-order valence-corrected chi connectivity index (χ3v) is 0.983. The van der Waals surface area contributed by atoms with E-state index in [1.54, 1.807) is 0 Å². The van der Waals surface area contributed by atoms with Crippen LogP contribution in [-0.2, 0) is 0 Å². The summed E-state index contributed by atoms with van der Waals surface area (Å²) in [5.74, 6) is 0. The summed E-state index contributed by atoms with van der Waals surface area (Å²) in [6.45, 7) is 0. The molecule has 1 rings (SSSR count). The van der Waals surface area contributed by atoms with Crippen LogP contribution in [0.1, 0.15) is 0 Å². The van der Waals surface area contributed by atoms with E-state index in [-0.39, 0.29) is 4.95 Å². The minimum Gasteiger partial charge on any atom is -0.244 e. The van der Waals surface area contributed by atoms with Crippen LogP contribution in [0.25, 0.3) is 0 Å². The highest BCUT2D eigenvalue weighted by molar-refractivity contribution is 9.09. The molecule has 0 bridgehead atoms. The summed E-state index contributed by atoms with van der Waals surface area (Å²) < 4.78 is 0. The van der Waals surface area contributed by atoms with E-state index in [2.05, 4.69) is 26.2 Å². The lowest BCUT2D eigenvalue weighted by Gasteiger charge is -1.85. The summed E-state index contributed by atoms with van der Waals surface area (Å²) in [6, 6.07) is -0.401. The number of hydrogen-bond donors (Lipinski definition) is 0. The number of halogens is 1. The second-order valence-corrected chi connectivity index (χ2v) is 2.00.